The van der Waals surface area contributed by atoms with Gasteiger partial charge in [-0.25, -0.2) is 8.78 Å². The fourth-order valence-corrected chi connectivity index (χ4v) is 2.67. The summed E-state index contributed by atoms with van der Waals surface area (Å²) in [5, 5.41) is 11.8. The number of alkyl halides is 2. The molecule has 2 aliphatic rings. The number of hydrogen-bond donors (Lipinski definition) is 2. The molecule has 0 unspecified atom stereocenters. The molecule has 2 heterocycles. The molecule has 98 valence electrons. The summed E-state index contributed by atoms with van der Waals surface area (Å²) in [6.07, 6.45) is 0. The summed E-state index contributed by atoms with van der Waals surface area (Å²) in [6.45, 7) is 4.09. The molecule has 0 saturated carbocycles. The molecule has 0 radical (unpaired) electrons. The van der Waals surface area contributed by atoms with Crippen molar-refractivity contribution in [2.45, 2.75) is 25.8 Å². The second-order valence-electron chi connectivity index (χ2n) is 5.74. The van der Waals surface area contributed by atoms with E-state index < -0.39 is 23.2 Å². The SMILES string of the molecule is CC(C)(CN1C[C@@H]2NCC(F)(F)[C@@H]2C1)C(=O)O. The maximum Gasteiger partial charge on any atom is 0.310 e. The fourth-order valence-electron chi connectivity index (χ4n) is 2.67. The minimum atomic E-state index is -2.66. The first-order valence-electron chi connectivity index (χ1n) is 5.79. The van der Waals surface area contributed by atoms with Gasteiger partial charge in [0.15, 0.2) is 0 Å². The molecule has 2 fully saturated rings. The summed E-state index contributed by atoms with van der Waals surface area (Å²) in [5.41, 5.74) is -0.895. The lowest BCUT2D eigenvalue weighted by Gasteiger charge is -2.27. The molecule has 0 aromatic heterocycles. The monoisotopic (exact) mass is 248 g/mol. The Kier molecular flexibility index (Phi) is 2.90. The van der Waals surface area contributed by atoms with Crippen LogP contribution in [0.1, 0.15) is 13.8 Å². The van der Waals surface area contributed by atoms with Crippen LogP contribution in [0, 0.1) is 11.3 Å². The molecule has 2 aliphatic heterocycles. The summed E-state index contributed by atoms with van der Waals surface area (Å²) < 4.78 is 26.9. The van der Waals surface area contributed by atoms with Crippen molar-refractivity contribution in [3.63, 3.8) is 0 Å². The van der Waals surface area contributed by atoms with Gasteiger partial charge in [0.05, 0.1) is 17.9 Å². The van der Waals surface area contributed by atoms with Gasteiger partial charge in [-0.15, -0.1) is 0 Å². The topological polar surface area (TPSA) is 52.6 Å². The lowest BCUT2D eigenvalue weighted by atomic mass is 9.93. The summed E-state index contributed by atoms with van der Waals surface area (Å²) in [4.78, 5) is 12.8. The van der Waals surface area contributed by atoms with Crippen LogP contribution in [0.2, 0.25) is 0 Å². The molecule has 2 rings (SSSR count). The van der Waals surface area contributed by atoms with Gasteiger partial charge < -0.3 is 15.3 Å². The van der Waals surface area contributed by atoms with Gasteiger partial charge in [-0.2, -0.15) is 0 Å². The number of carboxylic acid groups (broad SMARTS) is 1. The standard InChI is InChI=1S/C11H18F2N2O2/c1-10(2,9(16)17)6-15-3-7-8(4-15)14-5-11(7,12)13/h7-8,14H,3-6H2,1-2H3,(H,16,17)/t7-,8+/m1/s1. The van der Waals surface area contributed by atoms with Crippen molar-refractivity contribution in [2.24, 2.45) is 11.3 Å². The number of rotatable bonds is 3. The van der Waals surface area contributed by atoms with E-state index in [0.29, 0.717) is 13.1 Å². The third-order valence-corrected chi connectivity index (χ3v) is 3.74. The van der Waals surface area contributed by atoms with Crippen LogP contribution in [-0.2, 0) is 4.79 Å². The van der Waals surface area contributed by atoms with Crippen LogP contribution in [0.5, 0.6) is 0 Å². The Morgan fingerprint density at radius 1 is 1.53 bits per heavy atom. The number of nitrogens with zero attached hydrogens (tertiary/aromatic N) is 1. The van der Waals surface area contributed by atoms with E-state index >= 15 is 0 Å². The Labute approximate surface area is 99.0 Å². The molecule has 0 bridgehead atoms. The van der Waals surface area contributed by atoms with Crippen molar-refractivity contribution in [3.8, 4) is 0 Å². The third-order valence-electron chi connectivity index (χ3n) is 3.74. The first-order chi connectivity index (χ1) is 7.72. The zero-order chi connectivity index (χ0) is 12.8. The molecule has 0 aliphatic carbocycles. The van der Waals surface area contributed by atoms with Crippen LogP contribution in [0.3, 0.4) is 0 Å². The van der Waals surface area contributed by atoms with Gasteiger partial charge >= 0.3 is 5.97 Å². The average molecular weight is 248 g/mol. The number of carbonyl (C=O) groups is 1. The molecule has 0 aromatic rings. The number of fused-ring (bicyclic) bond motifs is 1. The van der Waals surface area contributed by atoms with Crippen LogP contribution in [0.4, 0.5) is 8.78 Å². The number of nitrogens with one attached hydrogen (secondary N) is 1. The van der Waals surface area contributed by atoms with Crippen LogP contribution < -0.4 is 5.32 Å². The summed E-state index contributed by atoms with van der Waals surface area (Å²) in [5.74, 6) is -4.23. The van der Waals surface area contributed by atoms with Crippen LogP contribution in [0.25, 0.3) is 0 Å². The number of hydrogen-bond acceptors (Lipinski definition) is 3. The normalized spacial score (nSPS) is 32.7. The molecule has 0 spiro atoms. The average Bonchev–Trinajstić information content (AvgIpc) is 2.67. The predicted octanol–water partition coefficient (Wildman–Crippen LogP) is 0.636. The molecule has 0 aromatic carbocycles. The Morgan fingerprint density at radius 2 is 2.18 bits per heavy atom. The second kappa shape index (κ2) is 3.88. The molecular weight excluding hydrogens is 230 g/mol. The minimum Gasteiger partial charge on any atom is -0.481 e. The lowest BCUT2D eigenvalue weighted by molar-refractivity contribution is -0.147. The Morgan fingerprint density at radius 3 is 2.71 bits per heavy atom. The number of likely N-dealkylation sites (tertiary alicyclic amines) is 1. The van der Waals surface area contributed by atoms with Crippen molar-refractivity contribution >= 4 is 5.97 Å². The molecule has 6 heteroatoms. The minimum absolute atomic E-state index is 0.199. The molecule has 2 atom stereocenters. The van der Waals surface area contributed by atoms with Crippen LogP contribution in [0.15, 0.2) is 0 Å². The van der Waals surface area contributed by atoms with E-state index in [9.17, 15) is 13.6 Å². The first-order valence-corrected chi connectivity index (χ1v) is 5.79. The van der Waals surface area contributed by atoms with Crippen LogP contribution in [-0.4, -0.2) is 54.1 Å². The Balaban J connectivity index is 1.98. The van der Waals surface area contributed by atoms with E-state index in [0.717, 1.165) is 0 Å². The largest absolute Gasteiger partial charge is 0.481 e. The smallest absolute Gasteiger partial charge is 0.310 e. The van der Waals surface area contributed by atoms with E-state index in [2.05, 4.69) is 5.32 Å². The van der Waals surface area contributed by atoms with Crippen molar-refractivity contribution in [2.75, 3.05) is 26.2 Å². The van der Waals surface area contributed by atoms with E-state index in [-0.39, 0.29) is 19.1 Å². The Bertz CT molecular complexity index is 333. The maximum absolute atomic E-state index is 13.5. The van der Waals surface area contributed by atoms with Gasteiger partial charge in [-0.3, -0.25) is 4.79 Å². The molecule has 4 nitrogen and oxygen atoms in total. The van der Waals surface area contributed by atoms with E-state index in [1.54, 1.807) is 13.8 Å². The zero-order valence-corrected chi connectivity index (χ0v) is 10.0. The highest BCUT2D eigenvalue weighted by molar-refractivity contribution is 5.73. The van der Waals surface area contributed by atoms with Gasteiger partial charge in [-0.1, -0.05) is 0 Å². The van der Waals surface area contributed by atoms with Gasteiger partial charge in [0.25, 0.3) is 5.92 Å². The molecule has 0 amide bonds. The van der Waals surface area contributed by atoms with Crippen molar-refractivity contribution in [3.05, 3.63) is 0 Å². The van der Waals surface area contributed by atoms with E-state index in [1.165, 1.54) is 0 Å². The fraction of sp³-hybridized carbons (Fsp3) is 0.909. The highest BCUT2D eigenvalue weighted by Crippen LogP contribution is 2.37. The lowest BCUT2D eigenvalue weighted by Crippen LogP contribution is -2.41. The van der Waals surface area contributed by atoms with Gasteiger partial charge in [0.1, 0.15) is 0 Å². The highest BCUT2D eigenvalue weighted by Gasteiger charge is 2.54. The van der Waals surface area contributed by atoms with Crippen molar-refractivity contribution in [1.82, 2.24) is 10.2 Å². The zero-order valence-electron chi connectivity index (χ0n) is 10.0. The molecule has 2 N–H and O–H groups in total. The van der Waals surface area contributed by atoms with E-state index in [1.807, 2.05) is 4.90 Å². The quantitative estimate of drug-likeness (QED) is 0.769. The Hall–Kier alpha value is -0.750. The molecular formula is C11H18F2N2O2. The molecule has 2 saturated heterocycles. The number of carboxylic acids is 1. The van der Waals surface area contributed by atoms with Gasteiger partial charge in [0, 0.05) is 25.7 Å². The second-order valence-corrected chi connectivity index (χ2v) is 5.74. The maximum atomic E-state index is 13.5. The van der Waals surface area contributed by atoms with Crippen molar-refractivity contribution < 1.29 is 18.7 Å². The van der Waals surface area contributed by atoms with Crippen LogP contribution >= 0.6 is 0 Å². The first kappa shape index (κ1) is 12.7. The highest BCUT2D eigenvalue weighted by atomic mass is 19.3. The van der Waals surface area contributed by atoms with Gasteiger partial charge in [0.2, 0.25) is 0 Å². The molecule has 17 heavy (non-hydrogen) atoms. The third kappa shape index (κ3) is 2.28. The summed E-state index contributed by atoms with van der Waals surface area (Å²) in [7, 11) is 0. The number of halogens is 2. The number of aliphatic carboxylic acids is 1. The summed E-state index contributed by atoms with van der Waals surface area (Å²) in [6, 6.07) is -0.199. The van der Waals surface area contributed by atoms with Crippen molar-refractivity contribution in [1.29, 1.82) is 0 Å². The summed E-state index contributed by atoms with van der Waals surface area (Å²) >= 11 is 0. The van der Waals surface area contributed by atoms with E-state index in [4.69, 9.17) is 5.11 Å². The van der Waals surface area contributed by atoms with Gasteiger partial charge in [-0.05, 0) is 13.8 Å². The predicted molar refractivity (Wildman–Crippen MR) is 58.1 cm³/mol.